The summed E-state index contributed by atoms with van der Waals surface area (Å²) in [6.45, 7) is 1.64. The predicted octanol–water partition coefficient (Wildman–Crippen LogP) is 3.25. The highest BCUT2D eigenvalue weighted by molar-refractivity contribution is 6.35. The molecule has 0 bridgehead atoms. The molecule has 0 aliphatic carbocycles. The van der Waals surface area contributed by atoms with Crippen molar-refractivity contribution in [3.05, 3.63) is 69.0 Å². The highest BCUT2D eigenvalue weighted by atomic mass is 35.5. The van der Waals surface area contributed by atoms with Gasteiger partial charge in [0, 0.05) is 18.4 Å². The van der Waals surface area contributed by atoms with Gasteiger partial charge in [-0.05, 0) is 30.2 Å². The van der Waals surface area contributed by atoms with Crippen LogP contribution in [0.2, 0.25) is 5.02 Å². The molecule has 5 rings (SSSR count). The summed E-state index contributed by atoms with van der Waals surface area (Å²) in [5, 5.41) is 0.687. The Hall–Kier alpha value is -2.79. The van der Waals surface area contributed by atoms with Crippen LogP contribution < -0.4 is 15.1 Å². The van der Waals surface area contributed by atoms with Gasteiger partial charge in [-0.3, -0.25) is 9.59 Å². The predicted molar refractivity (Wildman–Crippen MR) is 101 cm³/mol. The molecule has 0 radical (unpaired) electrons. The molecule has 26 heavy (non-hydrogen) atoms. The molecule has 6 heteroatoms. The third-order valence-corrected chi connectivity index (χ3v) is 5.40. The Labute approximate surface area is 154 Å². The molecule has 3 heterocycles. The van der Waals surface area contributed by atoms with Crippen LogP contribution in [-0.2, 0) is 13.0 Å². The molecule has 0 unspecified atom stereocenters. The zero-order valence-corrected chi connectivity index (χ0v) is 14.6. The number of pyridine rings is 1. The maximum absolute atomic E-state index is 13.2. The number of rotatable bonds is 1. The van der Waals surface area contributed by atoms with E-state index >= 15 is 0 Å². The third kappa shape index (κ3) is 2.10. The van der Waals surface area contributed by atoms with Crippen molar-refractivity contribution in [2.75, 3.05) is 18.1 Å². The van der Waals surface area contributed by atoms with Crippen LogP contribution in [-0.4, -0.2) is 23.6 Å². The fraction of sp³-hybridized carbons (Fsp3) is 0.200. The van der Waals surface area contributed by atoms with Gasteiger partial charge in [-0.2, -0.15) is 0 Å². The number of para-hydroxylation sites is 1. The van der Waals surface area contributed by atoms with Crippen molar-refractivity contribution in [2.24, 2.45) is 0 Å². The molecule has 2 aliphatic rings. The smallest absolute Gasteiger partial charge is 0.263 e. The molecule has 130 valence electrons. The van der Waals surface area contributed by atoms with Gasteiger partial charge in [0.15, 0.2) is 0 Å². The molecular weight excluding hydrogens is 352 g/mol. The van der Waals surface area contributed by atoms with E-state index in [1.165, 1.54) is 0 Å². The first kappa shape index (κ1) is 15.5. The maximum Gasteiger partial charge on any atom is 0.263 e. The van der Waals surface area contributed by atoms with E-state index < -0.39 is 0 Å². The van der Waals surface area contributed by atoms with E-state index in [2.05, 4.69) is 0 Å². The lowest BCUT2D eigenvalue weighted by Gasteiger charge is -2.23. The van der Waals surface area contributed by atoms with Crippen LogP contribution in [0.3, 0.4) is 0 Å². The van der Waals surface area contributed by atoms with Gasteiger partial charge in [-0.15, -0.1) is 0 Å². The van der Waals surface area contributed by atoms with E-state index in [0.29, 0.717) is 41.4 Å². The van der Waals surface area contributed by atoms with Crippen LogP contribution in [0.15, 0.2) is 47.4 Å². The van der Waals surface area contributed by atoms with Crippen LogP contribution in [0.25, 0.3) is 10.9 Å². The molecule has 0 atom stereocenters. The summed E-state index contributed by atoms with van der Waals surface area (Å²) in [6.07, 6.45) is 2.44. The standard InChI is InChI=1S/C20H15ClN2O3/c21-14-5-6-16-18-17(14)19(24)13(11-22(18)9-10-26-16)20(25)23-8-7-12-3-1-2-4-15(12)23/h1-6,11H,7-10H2. The second-order valence-electron chi connectivity index (χ2n) is 6.52. The van der Waals surface area contributed by atoms with E-state index in [9.17, 15) is 9.59 Å². The molecule has 1 aromatic heterocycles. The van der Waals surface area contributed by atoms with E-state index in [4.69, 9.17) is 16.3 Å². The topological polar surface area (TPSA) is 51.5 Å². The van der Waals surface area contributed by atoms with Crippen molar-refractivity contribution in [2.45, 2.75) is 13.0 Å². The van der Waals surface area contributed by atoms with Gasteiger partial charge < -0.3 is 14.2 Å². The monoisotopic (exact) mass is 366 g/mol. The van der Waals surface area contributed by atoms with E-state index in [-0.39, 0.29) is 16.9 Å². The Morgan fingerprint density at radius 3 is 2.85 bits per heavy atom. The number of carbonyl (C=O) groups is 1. The Kier molecular flexibility index (Phi) is 3.34. The van der Waals surface area contributed by atoms with Crippen molar-refractivity contribution >= 4 is 34.1 Å². The first-order chi connectivity index (χ1) is 12.6. The minimum atomic E-state index is -0.344. The van der Waals surface area contributed by atoms with E-state index in [1.807, 2.05) is 28.8 Å². The van der Waals surface area contributed by atoms with Gasteiger partial charge in [0.2, 0.25) is 5.43 Å². The van der Waals surface area contributed by atoms with Crippen LogP contribution in [0.5, 0.6) is 5.75 Å². The molecule has 0 N–H and O–H groups in total. The number of amides is 1. The second kappa shape index (κ2) is 5.61. The number of hydrogen-bond acceptors (Lipinski definition) is 3. The third-order valence-electron chi connectivity index (χ3n) is 5.09. The molecule has 0 saturated carbocycles. The first-order valence-corrected chi connectivity index (χ1v) is 8.91. The fourth-order valence-corrected chi connectivity index (χ4v) is 4.09. The van der Waals surface area contributed by atoms with Crippen molar-refractivity contribution < 1.29 is 9.53 Å². The average molecular weight is 367 g/mol. The Balaban J connectivity index is 1.72. The second-order valence-corrected chi connectivity index (χ2v) is 6.93. The summed E-state index contributed by atoms with van der Waals surface area (Å²) < 4.78 is 7.54. The van der Waals surface area contributed by atoms with Gasteiger partial charge in [-0.1, -0.05) is 29.8 Å². The van der Waals surface area contributed by atoms with E-state index in [1.54, 1.807) is 23.2 Å². The molecule has 0 fully saturated rings. The van der Waals surface area contributed by atoms with Crippen molar-refractivity contribution in [3.63, 3.8) is 0 Å². The van der Waals surface area contributed by atoms with Crippen LogP contribution in [0.4, 0.5) is 5.69 Å². The minimum Gasteiger partial charge on any atom is -0.490 e. The number of carbonyl (C=O) groups excluding carboxylic acids is 1. The molecule has 1 amide bonds. The number of fused-ring (bicyclic) bond motifs is 1. The van der Waals surface area contributed by atoms with Crippen LogP contribution in [0, 0.1) is 0 Å². The van der Waals surface area contributed by atoms with Crippen molar-refractivity contribution in [1.29, 1.82) is 0 Å². The molecule has 2 aliphatic heterocycles. The first-order valence-electron chi connectivity index (χ1n) is 8.53. The van der Waals surface area contributed by atoms with Gasteiger partial charge in [0.05, 0.1) is 22.5 Å². The average Bonchev–Trinajstić information content (AvgIpc) is 3.09. The minimum absolute atomic E-state index is 0.148. The fourth-order valence-electron chi connectivity index (χ4n) is 3.86. The van der Waals surface area contributed by atoms with Gasteiger partial charge in [0.1, 0.15) is 17.9 Å². The number of nitrogens with zero attached hydrogens (tertiary/aromatic N) is 2. The summed E-state index contributed by atoms with van der Waals surface area (Å²) >= 11 is 6.31. The lowest BCUT2D eigenvalue weighted by Crippen LogP contribution is -2.34. The van der Waals surface area contributed by atoms with E-state index in [0.717, 1.165) is 17.7 Å². The lowest BCUT2D eigenvalue weighted by molar-refractivity contribution is 0.0987. The van der Waals surface area contributed by atoms with Gasteiger partial charge >= 0.3 is 0 Å². The largest absolute Gasteiger partial charge is 0.490 e. The maximum atomic E-state index is 13.2. The number of hydrogen-bond donors (Lipinski definition) is 0. The number of anilines is 1. The highest BCUT2D eigenvalue weighted by Gasteiger charge is 2.29. The summed E-state index contributed by atoms with van der Waals surface area (Å²) in [6, 6.07) is 11.2. The highest BCUT2D eigenvalue weighted by Crippen LogP contribution is 2.33. The summed E-state index contributed by atoms with van der Waals surface area (Å²) in [4.78, 5) is 28.0. The lowest BCUT2D eigenvalue weighted by atomic mass is 10.1. The Morgan fingerprint density at radius 1 is 1.12 bits per heavy atom. The molecule has 3 aromatic rings. The molecular formula is C20H15ClN2O3. The quantitative estimate of drug-likeness (QED) is 0.664. The Morgan fingerprint density at radius 2 is 1.96 bits per heavy atom. The molecule has 5 nitrogen and oxygen atoms in total. The SMILES string of the molecule is O=C(c1cn2c3c(ccc(Cl)c3c1=O)OCC2)N1CCc2ccccc21. The van der Waals surface area contributed by atoms with Crippen molar-refractivity contribution in [1.82, 2.24) is 4.57 Å². The summed E-state index contributed by atoms with van der Waals surface area (Å²) in [5.41, 5.74) is 2.46. The number of aromatic nitrogens is 1. The van der Waals surface area contributed by atoms with Crippen LogP contribution in [0.1, 0.15) is 15.9 Å². The Bertz CT molecular complexity index is 1140. The zero-order chi connectivity index (χ0) is 17.8. The van der Waals surface area contributed by atoms with Crippen molar-refractivity contribution in [3.8, 4) is 5.75 Å². The number of benzene rings is 2. The molecule has 0 saturated heterocycles. The normalized spacial score (nSPS) is 15.0. The van der Waals surface area contributed by atoms with Gasteiger partial charge in [0.25, 0.3) is 5.91 Å². The van der Waals surface area contributed by atoms with Gasteiger partial charge in [-0.25, -0.2) is 0 Å². The molecule has 0 spiro atoms. The summed E-state index contributed by atoms with van der Waals surface area (Å²) in [7, 11) is 0. The number of halogens is 1. The number of ether oxygens (including phenoxy) is 1. The summed E-state index contributed by atoms with van der Waals surface area (Å²) in [5.74, 6) is 0.344. The van der Waals surface area contributed by atoms with Crippen LogP contribution >= 0.6 is 11.6 Å². The molecule has 2 aromatic carbocycles. The zero-order valence-electron chi connectivity index (χ0n) is 13.9.